The van der Waals surface area contributed by atoms with Crippen molar-refractivity contribution in [1.29, 1.82) is 0 Å². The third kappa shape index (κ3) is 6.26. The van der Waals surface area contributed by atoms with E-state index in [1.54, 1.807) is 0 Å². The average molecular weight is 643 g/mol. The number of ether oxygens (including phenoxy) is 1. The predicted octanol–water partition coefficient (Wildman–Crippen LogP) is 7.41. The van der Waals surface area contributed by atoms with Crippen molar-refractivity contribution in [2.45, 2.75) is 86.5 Å². The topological polar surface area (TPSA) is 106 Å². The van der Waals surface area contributed by atoms with E-state index in [0.717, 1.165) is 77.2 Å². The fourth-order valence-corrected chi connectivity index (χ4v) is 6.37. The van der Waals surface area contributed by atoms with Gasteiger partial charge in [-0.1, -0.05) is 55.5 Å². The van der Waals surface area contributed by atoms with Gasteiger partial charge in [0.05, 0.1) is 22.1 Å². The van der Waals surface area contributed by atoms with Crippen LogP contribution in [0.4, 0.5) is 0 Å². The quantitative estimate of drug-likeness (QED) is 0.151. The van der Waals surface area contributed by atoms with Crippen molar-refractivity contribution in [2.75, 3.05) is 0 Å². The first kappa shape index (κ1) is 31.5. The van der Waals surface area contributed by atoms with Crippen LogP contribution >= 0.6 is 0 Å². The lowest BCUT2D eigenvalue weighted by atomic mass is 9.98. The summed E-state index contributed by atoms with van der Waals surface area (Å²) in [7, 11) is 0. The van der Waals surface area contributed by atoms with Gasteiger partial charge in [-0.2, -0.15) is 0 Å². The third-order valence-electron chi connectivity index (χ3n) is 8.95. The lowest BCUT2D eigenvalue weighted by molar-refractivity contribution is -0.157. The predicted molar refractivity (Wildman–Crippen MR) is 186 cm³/mol. The highest BCUT2D eigenvalue weighted by Crippen LogP contribution is 2.32. The smallest absolute Gasteiger partial charge is 0.313 e. The Kier molecular flexibility index (Phi) is 8.41. The van der Waals surface area contributed by atoms with Crippen LogP contribution in [0.15, 0.2) is 66.9 Å². The average Bonchev–Trinajstić information content (AvgIpc) is 3.82. The summed E-state index contributed by atoms with van der Waals surface area (Å²) in [6, 6.07) is 21.2. The van der Waals surface area contributed by atoms with Crippen LogP contribution in [0.3, 0.4) is 0 Å². The maximum Gasteiger partial charge on any atom is 0.313 e. The number of fused-ring (bicyclic) bond motifs is 2. The molecule has 6 aromatic rings. The number of hydrogen-bond donors (Lipinski definition) is 0. The van der Waals surface area contributed by atoms with Gasteiger partial charge in [0.2, 0.25) is 12.6 Å². The molecule has 1 aliphatic rings. The molecule has 0 N–H and O–H groups in total. The lowest BCUT2D eigenvalue weighted by Gasteiger charge is -2.15. The molecular weight excluding hydrogens is 600 g/mol. The molecule has 0 aliphatic carbocycles. The summed E-state index contributed by atoms with van der Waals surface area (Å²) in [5.74, 6) is 2.45. The van der Waals surface area contributed by atoms with Gasteiger partial charge >= 0.3 is 5.97 Å². The molecule has 1 aliphatic heterocycles. The van der Waals surface area contributed by atoms with E-state index in [2.05, 4.69) is 87.1 Å². The van der Waals surface area contributed by atoms with Crippen LogP contribution in [0, 0.1) is 12.3 Å². The molecule has 0 spiro atoms. The van der Waals surface area contributed by atoms with Crippen molar-refractivity contribution in [1.82, 2.24) is 39.3 Å². The second-order valence-corrected chi connectivity index (χ2v) is 13.8. The van der Waals surface area contributed by atoms with E-state index in [9.17, 15) is 4.79 Å². The Morgan fingerprint density at radius 1 is 0.958 bits per heavy atom. The highest BCUT2D eigenvalue weighted by Gasteiger charge is 2.24. The van der Waals surface area contributed by atoms with Gasteiger partial charge in [0.1, 0.15) is 11.6 Å². The van der Waals surface area contributed by atoms with Gasteiger partial charge in [0.25, 0.3) is 0 Å². The molecule has 0 radical (unpaired) electrons. The molecule has 0 atom stereocenters. The Morgan fingerprint density at radius 3 is 2.50 bits per heavy atom. The van der Waals surface area contributed by atoms with Gasteiger partial charge in [0, 0.05) is 43.3 Å². The van der Waals surface area contributed by atoms with E-state index in [0.29, 0.717) is 5.82 Å². The fourth-order valence-electron chi connectivity index (χ4n) is 6.37. The first-order valence-electron chi connectivity index (χ1n) is 16.9. The second kappa shape index (κ2) is 12.8. The molecule has 0 amide bonds. The molecule has 10 heteroatoms. The minimum atomic E-state index is -0.605. The minimum Gasteiger partial charge on any atom is -0.440 e. The summed E-state index contributed by atoms with van der Waals surface area (Å²) in [5, 5.41) is 12.9. The Balaban J connectivity index is 1.16. The fraction of sp³-hybridized carbons (Fsp3) is 0.368. The van der Waals surface area contributed by atoms with E-state index in [4.69, 9.17) is 14.7 Å². The summed E-state index contributed by atoms with van der Waals surface area (Å²) in [6.07, 6.45) is 7.63. The molecule has 246 valence electrons. The largest absolute Gasteiger partial charge is 0.440 e. The number of aryl methyl sites for hydroxylation is 4. The monoisotopic (exact) mass is 642 g/mol. The first-order chi connectivity index (χ1) is 23.2. The van der Waals surface area contributed by atoms with Crippen molar-refractivity contribution in [2.24, 2.45) is 5.41 Å². The van der Waals surface area contributed by atoms with E-state index < -0.39 is 5.41 Å². The van der Waals surface area contributed by atoms with Gasteiger partial charge in [-0.3, -0.25) is 4.79 Å². The zero-order valence-corrected chi connectivity index (χ0v) is 28.4. The number of nitrogens with zero attached hydrogens (tertiary/aromatic N) is 8. The van der Waals surface area contributed by atoms with Gasteiger partial charge in [-0.05, 0) is 86.6 Å². The number of imidazole rings is 2. The summed E-state index contributed by atoms with van der Waals surface area (Å²) in [4.78, 5) is 23.7. The van der Waals surface area contributed by atoms with Crippen LogP contribution in [0.5, 0.6) is 0 Å². The molecule has 0 saturated carbocycles. The molecule has 3 aromatic carbocycles. The van der Waals surface area contributed by atoms with Crippen molar-refractivity contribution in [3.8, 4) is 33.8 Å². The Hall–Kier alpha value is -5.12. The molecule has 0 bridgehead atoms. The maximum atomic E-state index is 12.2. The number of rotatable bonds is 9. The van der Waals surface area contributed by atoms with E-state index >= 15 is 0 Å². The summed E-state index contributed by atoms with van der Waals surface area (Å²) >= 11 is 0. The van der Waals surface area contributed by atoms with E-state index in [-0.39, 0.29) is 12.7 Å². The molecular formula is C38H42N8O2. The van der Waals surface area contributed by atoms with Crippen molar-refractivity contribution < 1.29 is 9.53 Å². The van der Waals surface area contributed by atoms with Crippen LogP contribution in [-0.4, -0.2) is 45.3 Å². The molecule has 7 rings (SSSR count). The zero-order valence-electron chi connectivity index (χ0n) is 28.4. The molecule has 0 unspecified atom stereocenters. The highest BCUT2D eigenvalue weighted by molar-refractivity contribution is 5.85. The van der Waals surface area contributed by atoms with Gasteiger partial charge < -0.3 is 13.9 Å². The van der Waals surface area contributed by atoms with Gasteiger partial charge in [0.15, 0.2) is 0 Å². The molecule has 0 fully saturated rings. The standard InChI is InChI=1S/C38H42N8O2/c1-6-11-34-40-35-25(2)20-28(31-23-44-19-10-9-14-33(44)39-31)21-32(35)45(34)22-26-15-17-27(18-16-26)29-12-7-8-13-30(29)36-41-43-46(42-36)24-48-37(47)38(3,4)5/h7-8,12-13,15-18,20-21,23H,6,9-11,14,19,22,24H2,1-5H3. The van der Waals surface area contributed by atoms with Crippen molar-refractivity contribution >= 4 is 17.0 Å². The van der Waals surface area contributed by atoms with Crippen LogP contribution < -0.4 is 0 Å². The Morgan fingerprint density at radius 2 is 1.75 bits per heavy atom. The molecule has 0 saturated heterocycles. The highest BCUT2D eigenvalue weighted by atomic mass is 16.5. The first-order valence-corrected chi connectivity index (χ1v) is 16.9. The van der Waals surface area contributed by atoms with E-state index in [1.807, 2.05) is 39.0 Å². The Bertz CT molecular complexity index is 2070. The molecule has 4 heterocycles. The number of hydrogen-bond acceptors (Lipinski definition) is 7. The molecule has 3 aromatic heterocycles. The summed E-state index contributed by atoms with van der Waals surface area (Å²) < 4.78 is 10.1. The summed E-state index contributed by atoms with van der Waals surface area (Å²) in [6.45, 7) is 11.5. The van der Waals surface area contributed by atoms with Gasteiger partial charge in [-0.15, -0.1) is 15.0 Å². The molecule has 48 heavy (non-hydrogen) atoms. The normalized spacial score (nSPS) is 13.2. The maximum absolute atomic E-state index is 12.2. The minimum absolute atomic E-state index is 0.0891. The van der Waals surface area contributed by atoms with Crippen molar-refractivity contribution in [3.05, 3.63) is 89.6 Å². The van der Waals surface area contributed by atoms with Crippen LogP contribution in [-0.2, 0) is 42.2 Å². The Labute approximate surface area is 280 Å². The number of benzene rings is 3. The van der Waals surface area contributed by atoms with E-state index in [1.165, 1.54) is 34.6 Å². The van der Waals surface area contributed by atoms with Crippen LogP contribution in [0.1, 0.15) is 69.7 Å². The second-order valence-electron chi connectivity index (χ2n) is 13.8. The zero-order chi connectivity index (χ0) is 33.4. The van der Waals surface area contributed by atoms with Crippen LogP contribution in [0.25, 0.3) is 44.8 Å². The number of esters is 1. The molecule has 10 nitrogen and oxygen atoms in total. The number of carbonyl (C=O) groups excluding carboxylic acids is 1. The summed E-state index contributed by atoms with van der Waals surface area (Å²) in [5.41, 5.74) is 9.07. The number of aromatic nitrogens is 8. The number of tetrazole rings is 1. The van der Waals surface area contributed by atoms with Gasteiger partial charge in [-0.25, -0.2) is 9.97 Å². The van der Waals surface area contributed by atoms with Crippen molar-refractivity contribution in [3.63, 3.8) is 0 Å². The SMILES string of the molecule is CCCc1nc2c(C)cc(-c3cn4c(n3)CCCC4)cc2n1Cc1ccc(-c2ccccc2-c2nnn(COC(=O)C(C)(C)C)n2)cc1. The third-order valence-corrected chi connectivity index (χ3v) is 8.95. The van der Waals surface area contributed by atoms with Crippen LogP contribution in [0.2, 0.25) is 0 Å². The lowest BCUT2D eigenvalue weighted by Crippen LogP contribution is -2.24. The number of carbonyl (C=O) groups is 1.